The summed E-state index contributed by atoms with van der Waals surface area (Å²) in [4.78, 5) is 8.77. The molecule has 0 aromatic heterocycles. The van der Waals surface area contributed by atoms with Crippen molar-refractivity contribution in [1.82, 2.24) is 0 Å². The van der Waals surface area contributed by atoms with Gasteiger partial charge in [-0.2, -0.15) is 43.2 Å². The molecule has 21 heteroatoms. The molecule has 12 nitrogen and oxygen atoms in total. The minimum absolute atomic E-state index is 0. The quantitative estimate of drug-likeness (QED) is 0.189. The molecule has 2 aliphatic heterocycles. The Kier molecular flexibility index (Phi) is 14.7. The van der Waals surface area contributed by atoms with Gasteiger partial charge in [0.25, 0.3) is 0 Å². The molecule has 0 fully saturated rings. The molecule has 252 valence electrons. The molecule has 0 atom stereocenters. The second-order valence-corrected chi connectivity index (χ2v) is 12.7. The van der Waals surface area contributed by atoms with Crippen LogP contribution in [-0.4, -0.2) is 83.3 Å². The van der Waals surface area contributed by atoms with Crippen molar-refractivity contribution in [3.63, 3.8) is 0 Å². The fourth-order valence-corrected chi connectivity index (χ4v) is 2.75. The van der Waals surface area contributed by atoms with Gasteiger partial charge >= 0.3 is 31.3 Å². The number of alkyl halides is 6. The maximum absolute atomic E-state index is 10.7. The van der Waals surface area contributed by atoms with Crippen molar-refractivity contribution < 1.29 is 98.2 Å². The molecular weight excluding hydrogens is 746 g/mol. The van der Waals surface area contributed by atoms with E-state index in [2.05, 4.69) is 9.98 Å². The molecule has 2 heterocycles. The molecule has 45 heavy (non-hydrogen) atoms. The molecule has 0 radical (unpaired) electrons. The molecule has 2 aliphatic rings. The Morgan fingerprint density at radius 2 is 0.889 bits per heavy atom. The molecule has 4 rings (SSSR count). The van der Waals surface area contributed by atoms with Crippen molar-refractivity contribution in [2.24, 2.45) is 9.98 Å². The third-order valence-corrected chi connectivity index (χ3v) is 5.96. The van der Waals surface area contributed by atoms with Gasteiger partial charge in [-0.3, -0.25) is 9.11 Å². The minimum Gasteiger partial charge on any atom is -0.507 e. The van der Waals surface area contributed by atoms with E-state index in [1.165, 1.54) is 0 Å². The van der Waals surface area contributed by atoms with Crippen LogP contribution in [0.2, 0.25) is 0 Å². The number of benzene rings is 2. The van der Waals surface area contributed by atoms with Crippen LogP contribution < -0.4 is 0 Å². The summed E-state index contributed by atoms with van der Waals surface area (Å²) in [6.45, 7) is 9.13. The fraction of sp³-hybridized carbons (Fsp3) is 0.417. The Bertz CT molecular complexity index is 1460. The molecule has 4 N–H and O–H groups in total. The first-order chi connectivity index (χ1) is 19.7. The molecule has 2 aromatic carbocycles. The first kappa shape index (κ1) is 42.3. The second-order valence-electron chi connectivity index (χ2n) is 9.91. The minimum atomic E-state index is -5.84. The SMILES string of the molecule is CC1(C)COC(c2ccccc2O)=N1.CC1(C)COC(c2ccccc2O)=N1.O=S(=O)(O)C(F)(F)F.O=S(=O)(O)C(F)(F)F.[Zr]. The number of hydrogen-bond donors (Lipinski definition) is 4. The predicted molar refractivity (Wildman–Crippen MR) is 145 cm³/mol. The molecule has 2 aromatic rings. The number of rotatable bonds is 2. The normalized spacial score (nSPS) is 16.7. The summed E-state index contributed by atoms with van der Waals surface area (Å²) in [5.41, 5.74) is -10.1. The summed E-state index contributed by atoms with van der Waals surface area (Å²) < 4.78 is 126. The van der Waals surface area contributed by atoms with Crippen molar-refractivity contribution in [1.29, 1.82) is 0 Å². The second kappa shape index (κ2) is 15.7. The summed E-state index contributed by atoms with van der Waals surface area (Å²) in [5, 5.41) is 19.2. The molecular formula is C24H28F6N2O10S2Zr. The number of ether oxygens (including phenoxy) is 2. The number of hydrogen-bond acceptors (Lipinski definition) is 10. The van der Waals surface area contributed by atoms with E-state index in [9.17, 15) is 36.6 Å². The van der Waals surface area contributed by atoms with E-state index >= 15 is 0 Å². The topological polar surface area (TPSA) is 192 Å². The van der Waals surface area contributed by atoms with E-state index in [0.717, 1.165) is 0 Å². The molecule has 0 spiro atoms. The van der Waals surface area contributed by atoms with Gasteiger partial charge in [-0.15, -0.1) is 0 Å². The largest absolute Gasteiger partial charge is 0.522 e. The van der Waals surface area contributed by atoms with Crippen LogP contribution in [0, 0.1) is 0 Å². The van der Waals surface area contributed by atoms with Crippen LogP contribution >= 0.6 is 0 Å². The van der Waals surface area contributed by atoms with Crippen LogP contribution in [0.4, 0.5) is 26.3 Å². The third kappa shape index (κ3) is 14.1. The molecule has 0 aliphatic carbocycles. The van der Waals surface area contributed by atoms with Crippen molar-refractivity contribution in [2.75, 3.05) is 13.2 Å². The molecule has 0 unspecified atom stereocenters. The summed E-state index contributed by atoms with van der Waals surface area (Å²) in [7, 11) is -11.7. The standard InChI is InChI=1S/2C11H13NO2.2CHF3O3S.Zr/c2*1-11(2)7-14-10(12-11)8-5-3-4-6-9(8)13;2*2-1(3,4)8(5,6)7;/h2*3-6,13H,7H2,1-2H3;2*(H,5,6,7);. The van der Waals surface area contributed by atoms with Gasteiger partial charge in [-0.1, -0.05) is 24.3 Å². The van der Waals surface area contributed by atoms with Gasteiger partial charge in [0.15, 0.2) is 0 Å². The van der Waals surface area contributed by atoms with E-state index in [-0.39, 0.29) is 48.8 Å². The van der Waals surface area contributed by atoms with E-state index < -0.39 is 31.3 Å². The Morgan fingerprint density at radius 1 is 0.644 bits per heavy atom. The average Bonchev–Trinajstić information content (AvgIpc) is 3.39. The zero-order valence-corrected chi connectivity index (χ0v) is 27.8. The monoisotopic (exact) mass is 772 g/mol. The first-order valence-electron chi connectivity index (χ1n) is 11.8. The van der Waals surface area contributed by atoms with Crippen molar-refractivity contribution in [3.05, 3.63) is 59.7 Å². The van der Waals surface area contributed by atoms with Crippen LogP contribution in [0.25, 0.3) is 0 Å². The summed E-state index contributed by atoms with van der Waals surface area (Å²) in [6, 6.07) is 14.1. The van der Waals surface area contributed by atoms with Crippen LogP contribution in [-0.2, 0) is 55.9 Å². The maximum atomic E-state index is 10.7. The van der Waals surface area contributed by atoms with Crippen LogP contribution in [0.5, 0.6) is 11.5 Å². The van der Waals surface area contributed by atoms with Gasteiger partial charge in [0, 0.05) is 26.2 Å². The van der Waals surface area contributed by atoms with Crippen LogP contribution in [0.15, 0.2) is 58.5 Å². The summed E-state index contributed by atoms with van der Waals surface area (Å²) >= 11 is 0. The van der Waals surface area contributed by atoms with E-state index in [1.807, 2.05) is 39.8 Å². The molecule has 0 bridgehead atoms. The Balaban J connectivity index is 0.000000592. The molecule has 0 saturated carbocycles. The van der Waals surface area contributed by atoms with Gasteiger partial charge in [0.2, 0.25) is 11.8 Å². The van der Waals surface area contributed by atoms with Gasteiger partial charge in [-0.25, -0.2) is 9.98 Å². The van der Waals surface area contributed by atoms with E-state index in [1.54, 1.807) is 36.4 Å². The fourth-order valence-electron chi connectivity index (χ4n) is 2.75. The van der Waals surface area contributed by atoms with Crippen molar-refractivity contribution in [3.8, 4) is 11.5 Å². The van der Waals surface area contributed by atoms with Gasteiger partial charge in [0.05, 0.1) is 22.2 Å². The van der Waals surface area contributed by atoms with Crippen LogP contribution in [0.3, 0.4) is 0 Å². The average molecular weight is 774 g/mol. The van der Waals surface area contributed by atoms with Crippen LogP contribution in [0.1, 0.15) is 38.8 Å². The van der Waals surface area contributed by atoms with Gasteiger partial charge in [-0.05, 0) is 52.0 Å². The summed E-state index contributed by atoms with van der Waals surface area (Å²) in [5.74, 6) is 1.49. The number of phenols is 2. The zero-order valence-electron chi connectivity index (χ0n) is 23.8. The third-order valence-electron chi connectivity index (χ3n) is 4.79. The van der Waals surface area contributed by atoms with E-state index in [0.29, 0.717) is 36.1 Å². The van der Waals surface area contributed by atoms with Gasteiger partial charge in [0.1, 0.15) is 24.7 Å². The number of aromatic hydroxyl groups is 2. The first-order valence-corrected chi connectivity index (χ1v) is 14.6. The Labute approximate surface area is 273 Å². The smallest absolute Gasteiger partial charge is 0.507 e. The maximum Gasteiger partial charge on any atom is 0.522 e. The number of phenolic OH excluding ortho intramolecular Hbond substituents is 2. The Hall–Kier alpha value is -2.74. The van der Waals surface area contributed by atoms with Gasteiger partial charge < -0.3 is 19.7 Å². The number of aliphatic imine (C=N–C) groups is 2. The van der Waals surface area contributed by atoms with E-state index in [4.69, 9.17) is 35.4 Å². The zero-order chi connectivity index (χ0) is 34.4. The molecule has 0 amide bonds. The van der Waals surface area contributed by atoms with Crippen molar-refractivity contribution in [2.45, 2.75) is 49.8 Å². The van der Waals surface area contributed by atoms with Crippen molar-refractivity contribution >= 4 is 32.0 Å². The number of nitrogens with zero attached hydrogens (tertiary/aromatic N) is 2. The number of halogens is 6. The molecule has 0 saturated heterocycles. The number of para-hydroxylation sites is 2. The summed E-state index contributed by atoms with van der Waals surface area (Å²) in [6.07, 6.45) is 0. The predicted octanol–water partition coefficient (Wildman–Crippen LogP) is 4.68. The Morgan fingerprint density at radius 3 is 1.07 bits per heavy atom.